The SMILES string of the molecule is Cc1nc(-c2ccccc2)nc(Oc2ccc(C(=O)O)cc2)c1C. The van der Waals surface area contributed by atoms with E-state index in [1.54, 1.807) is 12.1 Å². The lowest BCUT2D eigenvalue weighted by molar-refractivity contribution is 0.0697. The first-order chi connectivity index (χ1) is 11.5. The molecule has 0 saturated carbocycles. The van der Waals surface area contributed by atoms with Crippen LogP contribution in [0, 0.1) is 13.8 Å². The van der Waals surface area contributed by atoms with Gasteiger partial charge in [0.2, 0.25) is 5.88 Å². The minimum atomic E-state index is -0.970. The fourth-order valence-corrected chi connectivity index (χ4v) is 2.20. The average Bonchev–Trinajstić information content (AvgIpc) is 2.60. The Bertz CT molecular complexity index is 875. The van der Waals surface area contributed by atoms with Crippen molar-refractivity contribution in [2.75, 3.05) is 0 Å². The van der Waals surface area contributed by atoms with Gasteiger partial charge in [-0.3, -0.25) is 0 Å². The minimum absolute atomic E-state index is 0.211. The highest BCUT2D eigenvalue weighted by Gasteiger charge is 2.12. The van der Waals surface area contributed by atoms with Gasteiger partial charge in [0.05, 0.1) is 5.56 Å². The Morgan fingerprint density at radius 2 is 1.62 bits per heavy atom. The molecule has 3 aromatic rings. The van der Waals surface area contributed by atoms with Crippen LogP contribution in [-0.4, -0.2) is 21.0 Å². The summed E-state index contributed by atoms with van der Waals surface area (Å²) in [5, 5.41) is 8.95. The molecular weight excluding hydrogens is 304 g/mol. The summed E-state index contributed by atoms with van der Waals surface area (Å²) < 4.78 is 5.84. The molecule has 3 rings (SSSR count). The zero-order valence-electron chi connectivity index (χ0n) is 13.4. The number of rotatable bonds is 4. The van der Waals surface area contributed by atoms with Crippen molar-refractivity contribution in [2.24, 2.45) is 0 Å². The summed E-state index contributed by atoms with van der Waals surface area (Å²) in [6, 6.07) is 15.9. The number of aromatic carboxylic acids is 1. The van der Waals surface area contributed by atoms with Crippen molar-refractivity contribution in [1.82, 2.24) is 9.97 Å². The standard InChI is InChI=1S/C19H16N2O3/c1-12-13(2)20-17(14-6-4-3-5-7-14)21-18(12)24-16-10-8-15(9-11-16)19(22)23/h3-11H,1-2H3,(H,22,23). The molecule has 0 spiro atoms. The van der Waals surface area contributed by atoms with Crippen LogP contribution in [0.15, 0.2) is 54.6 Å². The van der Waals surface area contributed by atoms with Crippen LogP contribution in [0.25, 0.3) is 11.4 Å². The first kappa shape index (κ1) is 15.7. The zero-order chi connectivity index (χ0) is 17.1. The third-order valence-electron chi connectivity index (χ3n) is 3.69. The fourth-order valence-electron chi connectivity index (χ4n) is 2.20. The molecule has 0 bridgehead atoms. The number of hydrogen-bond acceptors (Lipinski definition) is 4. The molecule has 1 N–H and O–H groups in total. The third-order valence-corrected chi connectivity index (χ3v) is 3.69. The first-order valence-electron chi connectivity index (χ1n) is 7.46. The van der Waals surface area contributed by atoms with Crippen molar-refractivity contribution >= 4 is 5.97 Å². The second-order valence-electron chi connectivity index (χ2n) is 5.36. The number of aromatic nitrogens is 2. The molecule has 1 aromatic heterocycles. The molecule has 0 unspecified atom stereocenters. The number of carbonyl (C=O) groups is 1. The highest BCUT2D eigenvalue weighted by molar-refractivity contribution is 5.87. The summed E-state index contributed by atoms with van der Waals surface area (Å²) in [6.07, 6.45) is 0. The normalized spacial score (nSPS) is 10.4. The summed E-state index contributed by atoms with van der Waals surface area (Å²) in [5.41, 5.74) is 2.80. The van der Waals surface area contributed by atoms with Gasteiger partial charge in [0, 0.05) is 16.8 Å². The van der Waals surface area contributed by atoms with Gasteiger partial charge >= 0.3 is 5.97 Å². The molecule has 5 nitrogen and oxygen atoms in total. The second-order valence-corrected chi connectivity index (χ2v) is 5.36. The Morgan fingerprint density at radius 1 is 0.958 bits per heavy atom. The molecule has 0 saturated heterocycles. The Balaban J connectivity index is 1.95. The predicted octanol–water partition coefficient (Wildman–Crippen LogP) is 4.25. The minimum Gasteiger partial charge on any atom is -0.478 e. The lowest BCUT2D eigenvalue weighted by Crippen LogP contribution is -2.00. The molecule has 120 valence electrons. The molecule has 5 heteroatoms. The van der Waals surface area contributed by atoms with E-state index in [1.165, 1.54) is 12.1 Å². The molecule has 0 radical (unpaired) electrons. The van der Waals surface area contributed by atoms with E-state index in [9.17, 15) is 4.79 Å². The summed E-state index contributed by atoms with van der Waals surface area (Å²) in [5.74, 6) is 0.613. The molecule has 0 aliphatic heterocycles. The van der Waals surface area contributed by atoms with Crippen molar-refractivity contribution < 1.29 is 14.6 Å². The van der Waals surface area contributed by atoms with Crippen LogP contribution in [0.1, 0.15) is 21.6 Å². The van der Waals surface area contributed by atoms with Crippen LogP contribution in [0.5, 0.6) is 11.6 Å². The molecule has 0 aliphatic rings. The quantitative estimate of drug-likeness (QED) is 0.778. The van der Waals surface area contributed by atoms with Crippen LogP contribution < -0.4 is 4.74 Å². The lowest BCUT2D eigenvalue weighted by atomic mass is 10.2. The van der Waals surface area contributed by atoms with Gasteiger partial charge in [-0.25, -0.2) is 9.78 Å². The monoisotopic (exact) mass is 320 g/mol. The highest BCUT2D eigenvalue weighted by Crippen LogP contribution is 2.27. The van der Waals surface area contributed by atoms with Gasteiger partial charge in [-0.1, -0.05) is 30.3 Å². The number of carboxylic acid groups (broad SMARTS) is 1. The van der Waals surface area contributed by atoms with Crippen molar-refractivity contribution in [3.05, 3.63) is 71.4 Å². The van der Waals surface area contributed by atoms with Crippen molar-refractivity contribution in [3.8, 4) is 23.0 Å². The fraction of sp³-hybridized carbons (Fsp3) is 0.105. The Kier molecular flexibility index (Phi) is 4.24. The molecule has 1 heterocycles. The van der Waals surface area contributed by atoms with Gasteiger partial charge in [-0.2, -0.15) is 4.98 Å². The van der Waals surface area contributed by atoms with Gasteiger partial charge in [0.1, 0.15) is 5.75 Å². The molecule has 0 fully saturated rings. The number of ether oxygens (including phenoxy) is 1. The predicted molar refractivity (Wildman–Crippen MR) is 90.4 cm³/mol. The summed E-state index contributed by atoms with van der Waals surface area (Å²) >= 11 is 0. The largest absolute Gasteiger partial charge is 0.478 e. The Hall–Kier alpha value is -3.21. The molecule has 0 aliphatic carbocycles. The van der Waals surface area contributed by atoms with E-state index < -0.39 is 5.97 Å². The van der Waals surface area contributed by atoms with E-state index in [0.29, 0.717) is 17.5 Å². The van der Waals surface area contributed by atoms with Gasteiger partial charge < -0.3 is 9.84 Å². The number of hydrogen-bond donors (Lipinski definition) is 1. The highest BCUT2D eigenvalue weighted by atomic mass is 16.5. The summed E-state index contributed by atoms with van der Waals surface area (Å²) in [6.45, 7) is 3.80. The van der Waals surface area contributed by atoms with E-state index in [-0.39, 0.29) is 5.56 Å². The van der Waals surface area contributed by atoms with Crippen LogP contribution in [0.2, 0.25) is 0 Å². The number of aryl methyl sites for hydroxylation is 1. The Morgan fingerprint density at radius 3 is 2.25 bits per heavy atom. The van der Waals surface area contributed by atoms with Gasteiger partial charge in [-0.05, 0) is 38.1 Å². The van der Waals surface area contributed by atoms with Crippen molar-refractivity contribution in [1.29, 1.82) is 0 Å². The van der Waals surface area contributed by atoms with Gasteiger partial charge in [-0.15, -0.1) is 0 Å². The topological polar surface area (TPSA) is 72.3 Å². The summed E-state index contributed by atoms with van der Waals surface area (Å²) in [7, 11) is 0. The number of benzene rings is 2. The van der Waals surface area contributed by atoms with Crippen molar-refractivity contribution in [3.63, 3.8) is 0 Å². The van der Waals surface area contributed by atoms with Crippen LogP contribution >= 0.6 is 0 Å². The number of nitrogens with zero attached hydrogens (tertiary/aromatic N) is 2. The second kappa shape index (κ2) is 6.50. The maximum Gasteiger partial charge on any atom is 0.335 e. The molecule has 2 aromatic carbocycles. The van der Waals surface area contributed by atoms with E-state index in [4.69, 9.17) is 9.84 Å². The van der Waals surface area contributed by atoms with E-state index in [1.807, 2.05) is 44.2 Å². The smallest absolute Gasteiger partial charge is 0.335 e. The molecule has 24 heavy (non-hydrogen) atoms. The molecular formula is C19H16N2O3. The van der Waals surface area contributed by atoms with E-state index >= 15 is 0 Å². The maximum absolute atomic E-state index is 10.9. The van der Waals surface area contributed by atoms with Gasteiger partial charge in [0.25, 0.3) is 0 Å². The van der Waals surface area contributed by atoms with Crippen LogP contribution in [0.4, 0.5) is 0 Å². The van der Waals surface area contributed by atoms with Crippen LogP contribution in [-0.2, 0) is 0 Å². The third kappa shape index (κ3) is 3.25. The molecule has 0 amide bonds. The van der Waals surface area contributed by atoms with Crippen molar-refractivity contribution in [2.45, 2.75) is 13.8 Å². The summed E-state index contributed by atoms with van der Waals surface area (Å²) in [4.78, 5) is 19.9. The van der Waals surface area contributed by atoms with E-state index in [0.717, 1.165) is 16.8 Å². The van der Waals surface area contributed by atoms with Crippen LogP contribution in [0.3, 0.4) is 0 Å². The number of carboxylic acids is 1. The van der Waals surface area contributed by atoms with Gasteiger partial charge in [0.15, 0.2) is 5.82 Å². The lowest BCUT2D eigenvalue weighted by Gasteiger charge is -2.11. The first-order valence-corrected chi connectivity index (χ1v) is 7.46. The average molecular weight is 320 g/mol. The molecule has 0 atom stereocenters. The Labute approximate surface area is 139 Å². The zero-order valence-corrected chi connectivity index (χ0v) is 13.4. The maximum atomic E-state index is 10.9. The van der Waals surface area contributed by atoms with E-state index in [2.05, 4.69) is 9.97 Å².